The van der Waals surface area contributed by atoms with Crippen molar-refractivity contribution in [2.45, 2.75) is 6.54 Å². The second-order valence-electron chi connectivity index (χ2n) is 3.01. The summed E-state index contributed by atoms with van der Waals surface area (Å²) in [6, 6.07) is 10.5. The third kappa shape index (κ3) is 8.55. The summed E-state index contributed by atoms with van der Waals surface area (Å²) in [4.78, 5) is 10.7. The number of benzene rings is 1. The van der Waals surface area contributed by atoms with Crippen molar-refractivity contribution in [2.75, 3.05) is 14.1 Å². The summed E-state index contributed by atoms with van der Waals surface area (Å²) in [6.45, 7) is 1.03. The molecule has 1 aromatic carbocycles. The van der Waals surface area contributed by atoms with E-state index >= 15 is 0 Å². The van der Waals surface area contributed by atoms with Crippen LogP contribution in [0, 0.1) is 0 Å². The minimum atomic E-state index is -1.83. The average molecular weight is 197 g/mol. The summed E-state index contributed by atoms with van der Waals surface area (Å²) in [5.41, 5.74) is 1.37. The summed E-state index contributed by atoms with van der Waals surface area (Å²) in [6.07, 6.45) is -1.83. The number of rotatable bonds is 2. The first kappa shape index (κ1) is 12.4. The molecule has 0 spiro atoms. The second-order valence-corrected chi connectivity index (χ2v) is 3.01. The van der Waals surface area contributed by atoms with E-state index in [-0.39, 0.29) is 0 Å². The molecule has 78 valence electrons. The summed E-state index contributed by atoms with van der Waals surface area (Å²) < 4.78 is 0. The van der Waals surface area contributed by atoms with Crippen molar-refractivity contribution >= 4 is 6.16 Å². The molecule has 1 rings (SSSR count). The van der Waals surface area contributed by atoms with Crippen LogP contribution in [-0.2, 0) is 6.54 Å². The zero-order valence-electron chi connectivity index (χ0n) is 8.34. The van der Waals surface area contributed by atoms with Crippen LogP contribution in [0.4, 0.5) is 4.79 Å². The Morgan fingerprint density at radius 1 is 1.21 bits per heavy atom. The van der Waals surface area contributed by atoms with Crippen molar-refractivity contribution in [1.29, 1.82) is 0 Å². The van der Waals surface area contributed by atoms with E-state index in [0.717, 1.165) is 6.54 Å². The number of carbonyl (C=O) groups is 1. The molecule has 0 amide bonds. The Bertz CT molecular complexity index is 255. The Hall–Kier alpha value is -1.55. The van der Waals surface area contributed by atoms with Crippen LogP contribution in [-0.4, -0.2) is 35.4 Å². The van der Waals surface area contributed by atoms with Gasteiger partial charge in [0.1, 0.15) is 0 Å². The number of hydrogen-bond donors (Lipinski definition) is 2. The lowest BCUT2D eigenvalue weighted by atomic mass is 10.2. The van der Waals surface area contributed by atoms with Gasteiger partial charge in [-0.05, 0) is 19.7 Å². The van der Waals surface area contributed by atoms with Crippen LogP contribution in [0.3, 0.4) is 0 Å². The van der Waals surface area contributed by atoms with Crippen LogP contribution in [0.25, 0.3) is 0 Å². The van der Waals surface area contributed by atoms with Gasteiger partial charge >= 0.3 is 6.16 Å². The SMILES string of the molecule is CN(C)Cc1ccccc1.O=C(O)O. The van der Waals surface area contributed by atoms with Crippen LogP contribution in [0.15, 0.2) is 30.3 Å². The van der Waals surface area contributed by atoms with Gasteiger partial charge in [-0.15, -0.1) is 0 Å². The van der Waals surface area contributed by atoms with Gasteiger partial charge in [0.05, 0.1) is 0 Å². The van der Waals surface area contributed by atoms with Crippen LogP contribution in [0.1, 0.15) is 5.56 Å². The molecule has 0 aliphatic carbocycles. The van der Waals surface area contributed by atoms with Crippen LogP contribution < -0.4 is 0 Å². The predicted octanol–water partition coefficient (Wildman–Crippen LogP) is 1.97. The molecule has 1 aromatic rings. The van der Waals surface area contributed by atoms with Gasteiger partial charge in [0.15, 0.2) is 0 Å². The molecule has 0 saturated heterocycles. The second kappa shape index (κ2) is 6.91. The molecule has 4 heteroatoms. The van der Waals surface area contributed by atoms with E-state index in [4.69, 9.17) is 15.0 Å². The smallest absolute Gasteiger partial charge is 0.450 e. The van der Waals surface area contributed by atoms with Gasteiger partial charge in [-0.1, -0.05) is 30.3 Å². The molecular formula is C10H15NO3. The minimum absolute atomic E-state index is 1.03. The maximum Gasteiger partial charge on any atom is 0.503 e. The Morgan fingerprint density at radius 2 is 1.64 bits per heavy atom. The Morgan fingerprint density at radius 3 is 2.00 bits per heavy atom. The summed E-state index contributed by atoms with van der Waals surface area (Å²) in [5, 5.41) is 13.9. The van der Waals surface area contributed by atoms with Gasteiger partial charge in [-0.25, -0.2) is 4.79 Å². The lowest BCUT2D eigenvalue weighted by Crippen LogP contribution is -2.10. The van der Waals surface area contributed by atoms with E-state index in [1.807, 2.05) is 6.07 Å². The van der Waals surface area contributed by atoms with Crippen LogP contribution in [0.2, 0.25) is 0 Å². The standard InChI is InChI=1S/C9H13N.CH2O3/c1-10(2)8-9-6-4-3-5-7-9;2-1(3)4/h3-7H,8H2,1-2H3;(H2,2,3,4). The fraction of sp³-hybridized carbons (Fsp3) is 0.300. The number of nitrogens with zero attached hydrogens (tertiary/aromatic N) is 1. The predicted molar refractivity (Wildman–Crippen MR) is 54.5 cm³/mol. The Kier molecular flexibility index (Phi) is 6.15. The third-order valence-corrected chi connectivity index (χ3v) is 1.34. The maximum atomic E-state index is 8.56. The van der Waals surface area contributed by atoms with Crippen molar-refractivity contribution in [3.63, 3.8) is 0 Å². The Balaban J connectivity index is 0.000000364. The molecule has 2 N–H and O–H groups in total. The molecule has 4 nitrogen and oxygen atoms in total. The quantitative estimate of drug-likeness (QED) is 0.761. The molecule has 0 aromatic heterocycles. The first-order chi connectivity index (χ1) is 6.52. The van der Waals surface area contributed by atoms with E-state index in [0.29, 0.717) is 0 Å². The largest absolute Gasteiger partial charge is 0.503 e. The molecule has 14 heavy (non-hydrogen) atoms. The maximum absolute atomic E-state index is 8.56. The van der Waals surface area contributed by atoms with Crippen molar-refractivity contribution in [1.82, 2.24) is 4.90 Å². The summed E-state index contributed by atoms with van der Waals surface area (Å²) in [5.74, 6) is 0. The molecule has 0 aliphatic rings. The first-order valence-corrected chi connectivity index (χ1v) is 4.13. The molecule has 0 aliphatic heterocycles. The monoisotopic (exact) mass is 197 g/mol. The topological polar surface area (TPSA) is 60.8 Å². The van der Waals surface area contributed by atoms with Gasteiger partial charge in [-0.2, -0.15) is 0 Å². The van der Waals surface area contributed by atoms with E-state index in [9.17, 15) is 0 Å². The van der Waals surface area contributed by atoms with E-state index in [1.54, 1.807) is 0 Å². The van der Waals surface area contributed by atoms with E-state index < -0.39 is 6.16 Å². The average Bonchev–Trinajstić information content (AvgIpc) is 2.03. The molecular weight excluding hydrogens is 182 g/mol. The molecule has 0 atom stereocenters. The van der Waals surface area contributed by atoms with E-state index in [2.05, 4.69) is 43.3 Å². The lowest BCUT2D eigenvalue weighted by molar-refractivity contribution is 0.137. The van der Waals surface area contributed by atoms with Crippen molar-refractivity contribution < 1.29 is 15.0 Å². The minimum Gasteiger partial charge on any atom is -0.450 e. The van der Waals surface area contributed by atoms with Gasteiger partial charge in [0.25, 0.3) is 0 Å². The summed E-state index contributed by atoms with van der Waals surface area (Å²) >= 11 is 0. The molecule has 0 radical (unpaired) electrons. The molecule has 0 unspecified atom stereocenters. The molecule has 0 bridgehead atoms. The highest BCUT2D eigenvalue weighted by atomic mass is 16.6. The Labute approximate surface area is 83.4 Å². The van der Waals surface area contributed by atoms with Gasteiger partial charge in [-0.3, -0.25) is 0 Å². The zero-order chi connectivity index (χ0) is 11.0. The highest BCUT2D eigenvalue weighted by molar-refractivity contribution is 5.53. The summed E-state index contributed by atoms with van der Waals surface area (Å²) in [7, 11) is 4.15. The fourth-order valence-electron chi connectivity index (χ4n) is 0.949. The van der Waals surface area contributed by atoms with Gasteiger partial charge in [0.2, 0.25) is 0 Å². The third-order valence-electron chi connectivity index (χ3n) is 1.34. The van der Waals surface area contributed by atoms with Gasteiger partial charge < -0.3 is 15.1 Å². The van der Waals surface area contributed by atoms with Crippen molar-refractivity contribution in [3.05, 3.63) is 35.9 Å². The zero-order valence-corrected chi connectivity index (χ0v) is 8.34. The highest BCUT2D eigenvalue weighted by Crippen LogP contribution is 1.99. The number of hydrogen-bond acceptors (Lipinski definition) is 2. The van der Waals surface area contributed by atoms with Crippen molar-refractivity contribution in [3.8, 4) is 0 Å². The molecule has 0 fully saturated rings. The normalized spacial score (nSPS) is 9.07. The molecule has 0 heterocycles. The lowest BCUT2D eigenvalue weighted by Gasteiger charge is -2.08. The molecule has 0 saturated carbocycles. The first-order valence-electron chi connectivity index (χ1n) is 4.13. The van der Waals surface area contributed by atoms with Gasteiger partial charge in [0, 0.05) is 6.54 Å². The van der Waals surface area contributed by atoms with Crippen LogP contribution in [0.5, 0.6) is 0 Å². The van der Waals surface area contributed by atoms with E-state index in [1.165, 1.54) is 5.56 Å². The highest BCUT2D eigenvalue weighted by Gasteiger charge is 1.90. The van der Waals surface area contributed by atoms with Crippen molar-refractivity contribution in [2.24, 2.45) is 0 Å². The fourth-order valence-corrected chi connectivity index (χ4v) is 0.949. The van der Waals surface area contributed by atoms with Crippen LogP contribution >= 0.6 is 0 Å². The number of carboxylic acid groups (broad SMARTS) is 2.